The van der Waals surface area contributed by atoms with E-state index in [4.69, 9.17) is 4.74 Å². The van der Waals surface area contributed by atoms with Crippen molar-refractivity contribution in [3.05, 3.63) is 83.9 Å². The van der Waals surface area contributed by atoms with Crippen LogP contribution in [0.4, 0.5) is 5.69 Å². The summed E-state index contributed by atoms with van der Waals surface area (Å²) < 4.78 is 5.37. The number of nitrogens with one attached hydrogen (secondary N) is 2. The van der Waals surface area contributed by atoms with Crippen LogP contribution in [0.1, 0.15) is 21.6 Å². The highest BCUT2D eigenvalue weighted by Gasteiger charge is 2.08. The molecule has 0 saturated heterocycles. The lowest BCUT2D eigenvalue weighted by Crippen LogP contribution is -2.24. The van der Waals surface area contributed by atoms with Gasteiger partial charge in [0.2, 0.25) is 0 Å². The zero-order valence-electron chi connectivity index (χ0n) is 15.2. The fourth-order valence-electron chi connectivity index (χ4n) is 2.69. The zero-order chi connectivity index (χ0) is 18.9. The van der Waals surface area contributed by atoms with Gasteiger partial charge < -0.3 is 15.4 Å². The predicted octanol–water partition coefficient (Wildman–Crippen LogP) is 3.07. The van der Waals surface area contributed by atoms with Crippen LogP contribution in [0.25, 0.3) is 0 Å². The Morgan fingerprint density at radius 3 is 2.70 bits per heavy atom. The normalized spacial score (nSPS) is 10.3. The van der Waals surface area contributed by atoms with E-state index in [0.717, 1.165) is 35.5 Å². The maximum atomic E-state index is 12.3. The molecule has 0 aliphatic carbocycles. The maximum absolute atomic E-state index is 12.3. The van der Waals surface area contributed by atoms with E-state index in [0.29, 0.717) is 12.2 Å². The van der Waals surface area contributed by atoms with Gasteiger partial charge in [-0.2, -0.15) is 0 Å². The Morgan fingerprint density at radius 1 is 1.07 bits per heavy atom. The highest BCUT2D eigenvalue weighted by molar-refractivity contribution is 5.93. The lowest BCUT2D eigenvalue weighted by molar-refractivity contribution is 0.0946. The first-order valence-electron chi connectivity index (χ1n) is 8.75. The molecule has 3 aromatic rings. The first-order valence-corrected chi connectivity index (χ1v) is 8.75. The number of pyridine rings is 2. The van der Waals surface area contributed by atoms with Gasteiger partial charge in [-0.15, -0.1) is 0 Å². The Bertz CT molecular complexity index is 884. The summed E-state index contributed by atoms with van der Waals surface area (Å²) in [6.07, 6.45) is 5.85. The van der Waals surface area contributed by atoms with Crippen molar-refractivity contribution in [2.75, 3.05) is 19.0 Å². The molecular formula is C21H22N4O2. The van der Waals surface area contributed by atoms with E-state index in [2.05, 4.69) is 20.6 Å². The Hall–Kier alpha value is -3.41. The van der Waals surface area contributed by atoms with E-state index in [1.807, 2.05) is 42.5 Å². The molecule has 138 valence electrons. The van der Waals surface area contributed by atoms with Crippen molar-refractivity contribution in [3.8, 4) is 5.75 Å². The highest BCUT2D eigenvalue weighted by atomic mass is 16.5. The molecule has 0 bridgehead atoms. The molecule has 27 heavy (non-hydrogen) atoms. The molecule has 2 aromatic heterocycles. The standard InChI is InChI=1S/C21H22N4O2/c1-27-20-5-3-2-4-17(20)8-12-23-18-9-13-24-19(14-18)21(26)25-15-16-6-10-22-11-7-16/h2-7,9-11,13-14H,8,12,15H2,1H3,(H,23,24)(H,25,26). The first kappa shape index (κ1) is 18.4. The molecule has 0 spiro atoms. The number of hydrogen-bond donors (Lipinski definition) is 2. The summed E-state index contributed by atoms with van der Waals surface area (Å²) in [4.78, 5) is 20.4. The zero-order valence-corrected chi connectivity index (χ0v) is 15.2. The monoisotopic (exact) mass is 362 g/mol. The third kappa shape index (κ3) is 5.28. The highest BCUT2D eigenvalue weighted by Crippen LogP contribution is 2.18. The number of carbonyl (C=O) groups excluding carboxylic acids is 1. The van der Waals surface area contributed by atoms with Crippen molar-refractivity contribution in [2.45, 2.75) is 13.0 Å². The van der Waals surface area contributed by atoms with Gasteiger partial charge >= 0.3 is 0 Å². The summed E-state index contributed by atoms with van der Waals surface area (Å²) in [7, 11) is 1.67. The average molecular weight is 362 g/mol. The molecule has 6 nitrogen and oxygen atoms in total. The molecule has 0 aliphatic heterocycles. The van der Waals surface area contributed by atoms with E-state index in [9.17, 15) is 4.79 Å². The second-order valence-corrected chi connectivity index (χ2v) is 5.96. The Morgan fingerprint density at radius 2 is 1.89 bits per heavy atom. The predicted molar refractivity (Wildman–Crippen MR) is 105 cm³/mol. The van der Waals surface area contributed by atoms with Crippen LogP contribution in [0.5, 0.6) is 5.75 Å². The first-order chi connectivity index (χ1) is 13.3. The lowest BCUT2D eigenvalue weighted by atomic mass is 10.1. The molecule has 1 aromatic carbocycles. The van der Waals surface area contributed by atoms with Crippen LogP contribution in [-0.4, -0.2) is 29.5 Å². The SMILES string of the molecule is COc1ccccc1CCNc1ccnc(C(=O)NCc2ccncc2)c1. The Kier molecular flexibility index (Phi) is 6.35. The van der Waals surface area contributed by atoms with Crippen LogP contribution in [-0.2, 0) is 13.0 Å². The summed E-state index contributed by atoms with van der Waals surface area (Å²) in [5.41, 5.74) is 3.36. The number of hydrogen-bond acceptors (Lipinski definition) is 5. The summed E-state index contributed by atoms with van der Waals surface area (Å²) in [6, 6.07) is 15.3. The van der Waals surface area contributed by atoms with Gasteiger partial charge in [-0.05, 0) is 47.9 Å². The molecule has 0 saturated carbocycles. The summed E-state index contributed by atoms with van der Waals surface area (Å²) in [6.45, 7) is 1.16. The minimum Gasteiger partial charge on any atom is -0.496 e. The molecule has 2 heterocycles. The number of carbonyl (C=O) groups is 1. The van der Waals surface area contributed by atoms with Crippen LogP contribution >= 0.6 is 0 Å². The lowest BCUT2D eigenvalue weighted by Gasteiger charge is -2.10. The van der Waals surface area contributed by atoms with Crippen molar-refractivity contribution < 1.29 is 9.53 Å². The number of ether oxygens (including phenoxy) is 1. The van der Waals surface area contributed by atoms with Gasteiger partial charge in [-0.25, -0.2) is 0 Å². The van der Waals surface area contributed by atoms with Gasteiger partial charge in [-0.1, -0.05) is 18.2 Å². The van der Waals surface area contributed by atoms with Gasteiger partial charge in [0.05, 0.1) is 7.11 Å². The molecule has 0 unspecified atom stereocenters. The second-order valence-electron chi connectivity index (χ2n) is 5.96. The molecule has 0 aliphatic rings. The van der Waals surface area contributed by atoms with Gasteiger partial charge in [0.1, 0.15) is 11.4 Å². The summed E-state index contributed by atoms with van der Waals surface area (Å²) >= 11 is 0. The molecule has 6 heteroatoms. The van der Waals surface area contributed by atoms with Crippen LogP contribution < -0.4 is 15.4 Å². The van der Waals surface area contributed by atoms with Crippen molar-refractivity contribution in [1.29, 1.82) is 0 Å². The van der Waals surface area contributed by atoms with Crippen LogP contribution in [0.15, 0.2) is 67.1 Å². The average Bonchev–Trinajstić information content (AvgIpc) is 2.73. The van der Waals surface area contributed by atoms with Crippen LogP contribution in [0.3, 0.4) is 0 Å². The molecular weight excluding hydrogens is 340 g/mol. The van der Waals surface area contributed by atoms with E-state index < -0.39 is 0 Å². The molecule has 0 atom stereocenters. The fourth-order valence-corrected chi connectivity index (χ4v) is 2.69. The fraction of sp³-hybridized carbons (Fsp3) is 0.190. The number of para-hydroxylation sites is 1. The maximum Gasteiger partial charge on any atom is 0.270 e. The third-order valence-electron chi connectivity index (χ3n) is 4.11. The van der Waals surface area contributed by atoms with E-state index in [1.54, 1.807) is 31.8 Å². The summed E-state index contributed by atoms with van der Waals surface area (Å²) in [5, 5.41) is 6.20. The number of aromatic nitrogens is 2. The molecule has 0 fully saturated rings. The molecule has 1 amide bonds. The van der Waals surface area contributed by atoms with E-state index in [1.165, 1.54) is 0 Å². The topological polar surface area (TPSA) is 76.1 Å². The van der Waals surface area contributed by atoms with Crippen molar-refractivity contribution in [1.82, 2.24) is 15.3 Å². The number of anilines is 1. The largest absolute Gasteiger partial charge is 0.496 e. The number of nitrogens with zero attached hydrogens (tertiary/aromatic N) is 2. The number of methoxy groups -OCH3 is 1. The summed E-state index contributed by atoms with van der Waals surface area (Å²) in [5.74, 6) is 0.672. The van der Waals surface area contributed by atoms with Crippen molar-refractivity contribution in [2.24, 2.45) is 0 Å². The van der Waals surface area contributed by atoms with Gasteiger partial charge in [0.25, 0.3) is 5.91 Å². The van der Waals surface area contributed by atoms with Crippen molar-refractivity contribution >= 4 is 11.6 Å². The number of amides is 1. The Labute approximate surface area is 158 Å². The smallest absolute Gasteiger partial charge is 0.270 e. The third-order valence-corrected chi connectivity index (χ3v) is 4.11. The quantitative estimate of drug-likeness (QED) is 0.644. The molecule has 0 radical (unpaired) electrons. The van der Waals surface area contributed by atoms with Crippen molar-refractivity contribution in [3.63, 3.8) is 0 Å². The second kappa shape index (κ2) is 9.33. The van der Waals surface area contributed by atoms with Gasteiger partial charge in [0, 0.05) is 37.4 Å². The number of rotatable bonds is 8. The Balaban J connectivity index is 1.54. The van der Waals surface area contributed by atoms with Crippen LogP contribution in [0.2, 0.25) is 0 Å². The van der Waals surface area contributed by atoms with Crippen LogP contribution in [0, 0.1) is 0 Å². The minimum absolute atomic E-state index is 0.208. The molecule has 2 N–H and O–H groups in total. The van der Waals surface area contributed by atoms with E-state index >= 15 is 0 Å². The molecule has 3 rings (SSSR count). The van der Waals surface area contributed by atoms with Gasteiger partial charge in [0.15, 0.2) is 0 Å². The number of benzene rings is 1. The van der Waals surface area contributed by atoms with Gasteiger partial charge in [-0.3, -0.25) is 14.8 Å². The van der Waals surface area contributed by atoms with E-state index in [-0.39, 0.29) is 5.91 Å². The minimum atomic E-state index is -0.208.